The summed E-state index contributed by atoms with van der Waals surface area (Å²) in [6, 6.07) is -0.927. The van der Waals surface area contributed by atoms with Gasteiger partial charge in [-0.2, -0.15) is 4.98 Å². The topological polar surface area (TPSA) is 122 Å². The van der Waals surface area contributed by atoms with Crippen molar-refractivity contribution in [2.75, 3.05) is 5.32 Å². The number of carbonyl (C=O) groups is 1. The van der Waals surface area contributed by atoms with Crippen molar-refractivity contribution in [1.82, 2.24) is 19.1 Å². The Bertz CT molecular complexity index is 829. The second-order valence-electron chi connectivity index (χ2n) is 4.55. The predicted octanol–water partition coefficient (Wildman–Crippen LogP) is -0.598. The van der Waals surface area contributed by atoms with Crippen molar-refractivity contribution in [1.29, 1.82) is 0 Å². The molecule has 2 aromatic rings. The number of carboxylic acid groups (broad SMARTS) is 1. The standard InChI is InChI=1S/C12H15N5O4/c1-4-5-6(10(19)20)13-11-14-7-8(15-11)16(2)12(21)17(3)9(7)18/h4,6H,1,5H2,2-3H3,(H,19,20)(H2,13,14,15). The summed E-state index contributed by atoms with van der Waals surface area (Å²) in [5.74, 6) is -0.963. The molecule has 1 unspecified atom stereocenters. The van der Waals surface area contributed by atoms with Crippen molar-refractivity contribution in [3.8, 4) is 0 Å². The van der Waals surface area contributed by atoms with Gasteiger partial charge in [-0.15, -0.1) is 6.58 Å². The largest absolute Gasteiger partial charge is 0.480 e. The third kappa shape index (κ3) is 2.45. The summed E-state index contributed by atoms with van der Waals surface area (Å²) in [4.78, 5) is 41.6. The highest BCUT2D eigenvalue weighted by Crippen LogP contribution is 2.10. The number of nitrogens with zero attached hydrogens (tertiary/aromatic N) is 3. The number of hydrogen-bond acceptors (Lipinski definition) is 5. The van der Waals surface area contributed by atoms with E-state index in [9.17, 15) is 14.4 Å². The molecule has 0 spiro atoms. The number of fused-ring (bicyclic) bond motifs is 1. The average molecular weight is 293 g/mol. The SMILES string of the molecule is C=CCC(Nc1nc2c([nH]1)c(=O)n(C)c(=O)n2C)C(=O)O. The van der Waals surface area contributed by atoms with E-state index < -0.39 is 23.3 Å². The number of rotatable bonds is 5. The van der Waals surface area contributed by atoms with Crippen molar-refractivity contribution >= 4 is 23.1 Å². The lowest BCUT2D eigenvalue weighted by molar-refractivity contribution is -0.137. The molecule has 2 heterocycles. The first-order chi connectivity index (χ1) is 9.86. The predicted molar refractivity (Wildman–Crippen MR) is 76.4 cm³/mol. The van der Waals surface area contributed by atoms with Gasteiger partial charge in [0, 0.05) is 14.1 Å². The third-order valence-electron chi connectivity index (χ3n) is 3.11. The van der Waals surface area contributed by atoms with E-state index >= 15 is 0 Å². The van der Waals surface area contributed by atoms with Crippen LogP contribution >= 0.6 is 0 Å². The van der Waals surface area contributed by atoms with Crippen LogP contribution in [0.25, 0.3) is 11.2 Å². The van der Waals surface area contributed by atoms with Crippen LogP contribution in [0.1, 0.15) is 6.42 Å². The minimum Gasteiger partial charge on any atom is -0.480 e. The average Bonchev–Trinajstić information content (AvgIpc) is 2.86. The lowest BCUT2D eigenvalue weighted by atomic mass is 10.2. The fourth-order valence-corrected chi connectivity index (χ4v) is 1.95. The van der Waals surface area contributed by atoms with E-state index in [1.54, 1.807) is 0 Å². The molecule has 3 N–H and O–H groups in total. The number of anilines is 1. The van der Waals surface area contributed by atoms with E-state index in [2.05, 4.69) is 21.9 Å². The Morgan fingerprint density at radius 3 is 2.71 bits per heavy atom. The number of aliphatic carboxylic acids is 1. The molecule has 2 aromatic heterocycles. The Hall–Kier alpha value is -2.84. The summed E-state index contributed by atoms with van der Waals surface area (Å²) in [5, 5.41) is 11.7. The second-order valence-corrected chi connectivity index (χ2v) is 4.55. The second kappa shape index (κ2) is 5.27. The van der Waals surface area contributed by atoms with Gasteiger partial charge in [0.2, 0.25) is 5.95 Å². The molecule has 2 rings (SSSR count). The minimum atomic E-state index is -1.07. The normalized spacial score (nSPS) is 12.3. The van der Waals surface area contributed by atoms with Crippen LogP contribution in [-0.4, -0.2) is 36.2 Å². The Labute approximate surface area is 118 Å². The minimum absolute atomic E-state index is 0.109. The number of aromatic amines is 1. The van der Waals surface area contributed by atoms with Crippen LogP contribution in [0.5, 0.6) is 0 Å². The molecule has 0 aliphatic rings. The summed E-state index contributed by atoms with van der Waals surface area (Å²) < 4.78 is 2.16. The summed E-state index contributed by atoms with van der Waals surface area (Å²) in [6.45, 7) is 3.49. The highest BCUT2D eigenvalue weighted by Gasteiger charge is 2.19. The van der Waals surface area contributed by atoms with Crippen LogP contribution in [0.15, 0.2) is 22.2 Å². The van der Waals surface area contributed by atoms with Gasteiger partial charge in [-0.3, -0.25) is 13.9 Å². The zero-order valence-corrected chi connectivity index (χ0v) is 11.6. The van der Waals surface area contributed by atoms with Crippen molar-refractivity contribution in [2.24, 2.45) is 14.1 Å². The van der Waals surface area contributed by atoms with E-state index in [-0.39, 0.29) is 23.5 Å². The molecule has 9 heteroatoms. The van der Waals surface area contributed by atoms with Gasteiger partial charge >= 0.3 is 11.7 Å². The van der Waals surface area contributed by atoms with Crippen LogP contribution in [0.3, 0.4) is 0 Å². The summed E-state index contributed by atoms with van der Waals surface area (Å²) >= 11 is 0. The molecule has 0 amide bonds. The molecule has 1 atom stereocenters. The highest BCUT2D eigenvalue weighted by molar-refractivity contribution is 5.78. The monoisotopic (exact) mass is 293 g/mol. The van der Waals surface area contributed by atoms with Crippen molar-refractivity contribution in [2.45, 2.75) is 12.5 Å². The molecular weight excluding hydrogens is 278 g/mol. The molecule has 9 nitrogen and oxygen atoms in total. The first-order valence-corrected chi connectivity index (χ1v) is 6.12. The summed E-state index contributed by atoms with van der Waals surface area (Å²) in [5.41, 5.74) is -0.742. The van der Waals surface area contributed by atoms with E-state index in [0.717, 1.165) is 4.57 Å². The van der Waals surface area contributed by atoms with Crippen LogP contribution in [0.2, 0.25) is 0 Å². The number of nitrogens with one attached hydrogen (secondary N) is 2. The number of H-pyrrole nitrogens is 1. The molecule has 0 aliphatic heterocycles. The van der Waals surface area contributed by atoms with E-state index in [1.807, 2.05) is 0 Å². The maximum Gasteiger partial charge on any atom is 0.332 e. The van der Waals surface area contributed by atoms with Gasteiger partial charge in [-0.05, 0) is 6.42 Å². The molecule has 0 saturated carbocycles. The van der Waals surface area contributed by atoms with Gasteiger partial charge in [0.15, 0.2) is 11.2 Å². The van der Waals surface area contributed by atoms with Crippen molar-refractivity contribution in [3.63, 3.8) is 0 Å². The van der Waals surface area contributed by atoms with Crippen LogP contribution in [0, 0.1) is 0 Å². The zero-order chi connectivity index (χ0) is 15.7. The number of hydrogen-bond donors (Lipinski definition) is 3. The Morgan fingerprint density at radius 2 is 2.14 bits per heavy atom. The van der Waals surface area contributed by atoms with Gasteiger partial charge in [0.1, 0.15) is 6.04 Å². The Kier molecular flexibility index (Phi) is 3.66. The van der Waals surface area contributed by atoms with E-state index in [0.29, 0.717) is 0 Å². The van der Waals surface area contributed by atoms with Crippen molar-refractivity contribution in [3.05, 3.63) is 33.5 Å². The molecule has 0 saturated heterocycles. The number of aromatic nitrogens is 4. The maximum atomic E-state index is 12.0. The Morgan fingerprint density at radius 1 is 1.48 bits per heavy atom. The number of imidazole rings is 1. The number of aryl methyl sites for hydroxylation is 1. The lowest BCUT2D eigenvalue weighted by Crippen LogP contribution is -2.36. The fourth-order valence-electron chi connectivity index (χ4n) is 1.95. The highest BCUT2D eigenvalue weighted by atomic mass is 16.4. The van der Waals surface area contributed by atoms with Crippen LogP contribution in [-0.2, 0) is 18.9 Å². The van der Waals surface area contributed by atoms with E-state index in [4.69, 9.17) is 5.11 Å². The zero-order valence-electron chi connectivity index (χ0n) is 11.6. The molecule has 21 heavy (non-hydrogen) atoms. The molecule has 0 radical (unpaired) electrons. The first kappa shape index (κ1) is 14.6. The molecule has 112 valence electrons. The Balaban J connectivity index is 2.53. The van der Waals surface area contributed by atoms with Gasteiger partial charge in [0.05, 0.1) is 0 Å². The van der Waals surface area contributed by atoms with Crippen molar-refractivity contribution < 1.29 is 9.90 Å². The molecule has 0 bridgehead atoms. The van der Waals surface area contributed by atoms with Crippen LogP contribution < -0.4 is 16.6 Å². The van der Waals surface area contributed by atoms with E-state index in [1.165, 1.54) is 24.7 Å². The lowest BCUT2D eigenvalue weighted by Gasteiger charge is -2.10. The maximum absolute atomic E-state index is 12.0. The van der Waals surface area contributed by atoms with Gasteiger partial charge < -0.3 is 15.4 Å². The molecule has 0 aromatic carbocycles. The molecule has 0 fully saturated rings. The quantitative estimate of drug-likeness (QED) is 0.633. The third-order valence-corrected chi connectivity index (χ3v) is 3.11. The molecule has 0 aliphatic carbocycles. The van der Waals surface area contributed by atoms with Gasteiger partial charge in [-0.1, -0.05) is 6.08 Å². The fraction of sp³-hybridized carbons (Fsp3) is 0.333. The summed E-state index contributed by atoms with van der Waals surface area (Å²) in [7, 11) is 2.84. The molecular formula is C12H15N5O4. The smallest absolute Gasteiger partial charge is 0.332 e. The van der Waals surface area contributed by atoms with Crippen LogP contribution in [0.4, 0.5) is 5.95 Å². The first-order valence-electron chi connectivity index (χ1n) is 6.12. The summed E-state index contributed by atoms with van der Waals surface area (Å²) in [6.07, 6.45) is 1.65. The van der Waals surface area contributed by atoms with Gasteiger partial charge in [0.25, 0.3) is 5.56 Å². The number of carboxylic acids is 1. The van der Waals surface area contributed by atoms with Gasteiger partial charge in [-0.25, -0.2) is 9.59 Å².